The second-order valence-electron chi connectivity index (χ2n) is 6.29. The Morgan fingerprint density at radius 2 is 1.73 bits per heavy atom. The van der Waals surface area contributed by atoms with Crippen molar-refractivity contribution in [3.05, 3.63) is 29.3 Å². The highest BCUT2D eigenvalue weighted by Crippen LogP contribution is 2.35. The normalized spacial score (nSPS) is 11.3. The van der Waals surface area contributed by atoms with Crippen LogP contribution in [0.15, 0.2) is 18.2 Å². The molecule has 4 N–H and O–H groups in total. The van der Waals surface area contributed by atoms with Gasteiger partial charge in [0.15, 0.2) is 0 Å². The lowest BCUT2D eigenvalue weighted by Crippen LogP contribution is -2.39. The summed E-state index contributed by atoms with van der Waals surface area (Å²) in [7, 11) is 0. The minimum atomic E-state index is -4.59. The Hall–Kier alpha value is -2.00. The van der Waals surface area contributed by atoms with E-state index in [-0.39, 0.29) is 43.4 Å². The van der Waals surface area contributed by atoms with Gasteiger partial charge >= 0.3 is 6.18 Å². The van der Waals surface area contributed by atoms with Gasteiger partial charge in [0.1, 0.15) is 11.4 Å². The number of nitrogens with two attached hydrogens (primary N) is 1. The molecule has 0 unspecified atom stereocenters. The molecule has 0 aliphatic rings. The third kappa shape index (κ3) is 8.39. The summed E-state index contributed by atoms with van der Waals surface area (Å²) in [6, 6.07) is 3.57. The lowest BCUT2D eigenvalue weighted by molar-refractivity contribution is -0.138. The summed E-state index contributed by atoms with van der Waals surface area (Å²) in [5.74, 6) is -1.06. The molecule has 0 saturated heterocycles. The van der Waals surface area contributed by atoms with Crippen LogP contribution in [0.1, 0.15) is 31.9 Å². The largest absolute Gasteiger partial charge is 0.488 e. The summed E-state index contributed by atoms with van der Waals surface area (Å²) in [6.45, 7) is 4.21. The van der Waals surface area contributed by atoms with Gasteiger partial charge in [-0.1, -0.05) is 6.07 Å². The summed E-state index contributed by atoms with van der Waals surface area (Å²) in [6.07, 6.45) is -4.59. The number of hydrogen-bond acceptors (Lipinski definition) is 4. The highest BCUT2D eigenvalue weighted by atomic mass is 35.5. The average Bonchev–Trinajstić information content (AvgIpc) is 2.48. The molecule has 0 bridgehead atoms. The summed E-state index contributed by atoms with van der Waals surface area (Å²) in [4.78, 5) is 22.5. The van der Waals surface area contributed by atoms with Gasteiger partial charge in [0, 0.05) is 6.54 Å². The molecule has 0 heterocycles. The van der Waals surface area contributed by atoms with Crippen LogP contribution in [-0.2, 0) is 22.3 Å². The van der Waals surface area contributed by atoms with E-state index in [1.807, 2.05) is 0 Å². The van der Waals surface area contributed by atoms with E-state index in [1.165, 1.54) is 12.1 Å². The molecule has 6 nitrogen and oxygen atoms in total. The van der Waals surface area contributed by atoms with E-state index in [0.717, 1.165) is 6.07 Å². The van der Waals surface area contributed by atoms with Crippen molar-refractivity contribution in [2.75, 3.05) is 13.1 Å². The topological polar surface area (TPSA) is 93.5 Å². The fourth-order valence-electron chi connectivity index (χ4n) is 1.90. The smallest absolute Gasteiger partial charge is 0.416 e. The Balaban J connectivity index is 0.00000625. The number of halogens is 4. The molecular formula is C16H23ClF3N3O3. The zero-order valence-electron chi connectivity index (χ0n) is 14.7. The van der Waals surface area contributed by atoms with E-state index in [1.54, 1.807) is 20.8 Å². The highest BCUT2D eigenvalue weighted by Gasteiger charge is 2.34. The SMILES string of the molecule is CC(C)(C)Oc1ccc(CNC(=O)CNC(=O)CN)c(C(F)(F)F)c1.Cl. The molecule has 2 amide bonds. The summed E-state index contributed by atoms with van der Waals surface area (Å²) >= 11 is 0. The molecule has 0 atom stereocenters. The average molecular weight is 398 g/mol. The zero-order chi connectivity index (χ0) is 19.3. The standard InChI is InChI=1S/C16H22F3N3O3.ClH/c1-15(2,3)25-11-5-4-10(12(6-11)16(17,18)19)8-21-14(24)9-22-13(23)7-20;/h4-6H,7-9,20H2,1-3H3,(H,21,24)(H,22,23);1H. The number of nitrogens with one attached hydrogen (secondary N) is 2. The van der Waals surface area contributed by atoms with Crippen LogP contribution in [0, 0.1) is 0 Å². The van der Waals surface area contributed by atoms with Crippen molar-refractivity contribution in [1.82, 2.24) is 10.6 Å². The molecule has 10 heteroatoms. The maximum atomic E-state index is 13.2. The van der Waals surface area contributed by atoms with Crippen molar-refractivity contribution < 1.29 is 27.5 Å². The van der Waals surface area contributed by atoms with Crippen LogP contribution in [0.25, 0.3) is 0 Å². The Bertz CT molecular complexity index is 631. The third-order valence-electron chi connectivity index (χ3n) is 2.92. The second-order valence-corrected chi connectivity index (χ2v) is 6.29. The summed E-state index contributed by atoms with van der Waals surface area (Å²) < 4.78 is 45.2. The number of carbonyl (C=O) groups is 2. The summed E-state index contributed by atoms with van der Waals surface area (Å²) in [5.41, 5.74) is 3.44. The van der Waals surface area contributed by atoms with Gasteiger partial charge < -0.3 is 21.1 Å². The van der Waals surface area contributed by atoms with Gasteiger partial charge in [-0.2, -0.15) is 13.2 Å². The van der Waals surface area contributed by atoms with E-state index in [9.17, 15) is 22.8 Å². The molecule has 0 aliphatic heterocycles. The van der Waals surface area contributed by atoms with E-state index in [0.29, 0.717) is 0 Å². The number of amides is 2. The fourth-order valence-corrected chi connectivity index (χ4v) is 1.90. The molecule has 0 radical (unpaired) electrons. The number of benzene rings is 1. The van der Waals surface area contributed by atoms with Gasteiger partial charge in [0.25, 0.3) is 0 Å². The molecule has 148 valence electrons. The molecule has 1 rings (SSSR count). The molecule has 0 aromatic heterocycles. The van der Waals surface area contributed by atoms with Crippen molar-refractivity contribution in [2.24, 2.45) is 5.73 Å². The van der Waals surface area contributed by atoms with E-state index in [2.05, 4.69) is 10.6 Å². The predicted molar refractivity (Wildman–Crippen MR) is 93.0 cm³/mol. The Morgan fingerprint density at radius 1 is 1.12 bits per heavy atom. The van der Waals surface area contributed by atoms with Crippen molar-refractivity contribution in [2.45, 2.75) is 39.1 Å². The molecule has 0 spiro atoms. The van der Waals surface area contributed by atoms with Crippen LogP contribution in [0.3, 0.4) is 0 Å². The van der Waals surface area contributed by atoms with E-state index >= 15 is 0 Å². The van der Waals surface area contributed by atoms with Gasteiger partial charge in [-0.3, -0.25) is 9.59 Å². The van der Waals surface area contributed by atoms with Gasteiger partial charge in [0.2, 0.25) is 11.8 Å². The Morgan fingerprint density at radius 3 is 2.23 bits per heavy atom. The van der Waals surface area contributed by atoms with Crippen molar-refractivity contribution >= 4 is 24.2 Å². The zero-order valence-corrected chi connectivity index (χ0v) is 15.5. The number of carbonyl (C=O) groups excluding carboxylic acids is 2. The Kier molecular flexibility index (Phi) is 8.89. The van der Waals surface area contributed by atoms with Crippen LogP contribution in [-0.4, -0.2) is 30.5 Å². The van der Waals surface area contributed by atoms with Gasteiger partial charge in [0.05, 0.1) is 18.7 Å². The third-order valence-corrected chi connectivity index (χ3v) is 2.92. The molecular weight excluding hydrogens is 375 g/mol. The second kappa shape index (κ2) is 9.63. The number of ether oxygens (including phenoxy) is 1. The van der Waals surface area contributed by atoms with E-state index in [4.69, 9.17) is 10.5 Å². The molecule has 26 heavy (non-hydrogen) atoms. The van der Waals surface area contributed by atoms with Gasteiger partial charge in [-0.15, -0.1) is 12.4 Å². The first-order chi connectivity index (χ1) is 11.4. The number of alkyl halides is 3. The van der Waals surface area contributed by atoms with Crippen LogP contribution in [0.5, 0.6) is 5.75 Å². The minimum absolute atomic E-state index is 0. The van der Waals surface area contributed by atoms with Gasteiger partial charge in [-0.25, -0.2) is 0 Å². The van der Waals surface area contributed by atoms with E-state index < -0.39 is 29.2 Å². The van der Waals surface area contributed by atoms with Crippen LogP contribution < -0.4 is 21.1 Å². The fraction of sp³-hybridized carbons (Fsp3) is 0.500. The van der Waals surface area contributed by atoms with Crippen molar-refractivity contribution in [3.63, 3.8) is 0 Å². The van der Waals surface area contributed by atoms with Crippen LogP contribution in [0.2, 0.25) is 0 Å². The van der Waals surface area contributed by atoms with Crippen LogP contribution >= 0.6 is 12.4 Å². The number of rotatable bonds is 6. The first-order valence-electron chi connectivity index (χ1n) is 7.55. The minimum Gasteiger partial charge on any atom is -0.488 e. The van der Waals surface area contributed by atoms with Crippen molar-refractivity contribution in [3.8, 4) is 5.75 Å². The first kappa shape index (κ1) is 24.0. The maximum absolute atomic E-state index is 13.2. The highest BCUT2D eigenvalue weighted by molar-refractivity contribution is 5.85. The first-order valence-corrected chi connectivity index (χ1v) is 7.55. The lowest BCUT2D eigenvalue weighted by Gasteiger charge is -2.23. The molecule has 1 aromatic rings. The van der Waals surface area contributed by atoms with Crippen molar-refractivity contribution in [1.29, 1.82) is 0 Å². The van der Waals surface area contributed by atoms with Gasteiger partial charge in [-0.05, 0) is 38.5 Å². The molecule has 0 saturated carbocycles. The molecule has 0 fully saturated rings. The summed E-state index contributed by atoms with van der Waals surface area (Å²) in [5, 5.41) is 4.55. The Labute approximate surface area is 156 Å². The lowest BCUT2D eigenvalue weighted by atomic mass is 10.1. The number of hydrogen-bond donors (Lipinski definition) is 3. The monoisotopic (exact) mass is 397 g/mol. The predicted octanol–water partition coefficient (Wildman–Crippen LogP) is 2.00. The maximum Gasteiger partial charge on any atom is 0.416 e. The molecule has 0 aliphatic carbocycles. The molecule has 1 aromatic carbocycles. The van der Waals surface area contributed by atoms with Crippen LogP contribution in [0.4, 0.5) is 13.2 Å². The quantitative estimate of drug-likeness (QED) is 0.684.